The lowest BCUT2D eigenvalue weighted by Gasteiger charge is -2.05. The molecule has 0 unspecified atom stereocenters. The highest BCUT2D eigenvalue weighted by Crippen LogP contribution is 2.20. The van der Waals surface area contributed by atoms with E-state index in [4.69, 9.17) is 0 Å². The molecule has 0 amide bonds. The summed E-state index contributed by atoms with van der Waals surface area (Å²) in [6.45, 7) is 3.66. The van der Waals surface area contributed by atoms with Crippen molar-refractivity contribution in [3.05, 3.63) is 58.9 Å². The summed E-state index contributed by atoms with van der Waals surface area (Å²) in [4.78, 5) is 4.22. The van der Waals surface area contributed by atoms with Gasteiger partial charge in [-0.1, -0.05) is 18.2 Å². The Kier molecular flexibility index (Phi) is 2.97. The monoisotopic (exact) mass is 273 g/mol. The maximum atomic E-state index is 13.7. The molecule has 5 heteroatoms. The van der Waals surface area contributed by atoms with Crippen LogP contribution in [0.5, 0.6) is 0 Å². The molecular formula is C15H13F2N3. The number of pyridine rings is 1. The highest BCUT2D eigenvalue weighted by molar-refractivity contribution is 5.78. The van der Waals surface area contributed by atoms with Crippen molar-refractivity contribution in [1.82, 2.24) is 14.8 Å². The minimum absolute atomic E-state index is 0.273. The van der Waals surface area contributed by atoms with E-state index in [-0.39, 0.29) is 18.2 Å². The van der Waals surface area contributed by atoms with Crippen LogP contribution in [-0.2, 0) is 6.54 Å². The molecule has 0 aliphatic carbocycles. The van der Waals surface area contributed by atoms with Crippen LogP contribution in [0.3, 0.4) is 0 Å². The first kappa shape index (κ1) is 12.7. The number of aromatic nitrogens is 3. The smallest absolute Gasteiger partial charge is 0.158 e. The first-order chi connectivity index (χ1) is 9.56. The van der Waals surface area contributed by atoms with E-state index < -0.39 is 0 Å². The summed E-state index contributed by atoms with van der Waals surface area (Å²) < 4.78 is 28.9. The van der Waals surface area contributed by atoms with E-state index in [0.29, 0.717) is 28.0 Å². The Bertz CT molecular complexity index is 793. The van der Waals surface area contributed by atoms with Gasteiger partial charge in [-0.05, 0) is 26.0 Å². The SMILES string of the molecule is Cc1nc2c(cc1F)c(C)nn2Cc1ccccc1F. The van der Waals surface area contributed by atoms with Crippen LogP contribution in [0.4, 0.5) is 8.78 Å². The third kappa shape index (κ3) is 2.05. The molecule has 2 heterocycles. The van der Waals surface area contributed by atoms with Crippen molar-refractivity contribution >= 4 is 11.0 Å². The predicted octanol–water partition coefficient (Wildman–Crippen LogP) is 3.37. The van der Waals surface area contributed by atoms with Gasteiger partial charge < -0.3 is 0 Å². The molecule has 102 valence electrons. The lowest BCUT2D eigenvalue weighted by atomic mass is 10.2. The molecule has 0 fully saturated rings. The van der Waals surface area contributed by atoms with Crippen LogP contribution < -0.4 is 0 Å². The second-order valence-corrected chi connectivity index (χ2v) is 4.76. The van der Waals surface area contributed by atoms with E-state index in [1.807, 2.05) is 0 Å². The molecule has 0 bridgehead atoms. The summed E-state index contributed by atoms with van der Waals surface area (Å²) in [5.74, 6) is -0.640. The van der Waals surface area contributed by atoms with Crippen molar-refractivity contribution in [3.63, 3.8) is 0 Å². The van der Waals surface area contributed by atoms with Crippen LogP contribution in [0.1, 0.15) is 17.0 Å². The molecule has 2 aromatic heterocycles. The number of halogens is 2. The van der Waals surface area contributed by atoms with Crippen LogP contribution in [0.15, 0.2) is 30.3 Å². The molecule has 20 heavy (non-hydrogen) atoms. The fraction of sp³-hybridized carbons (Fsp3) is 0.200. The van der Waals surface area contributed by atoms with Crippen LogP contribution in [0.2, 0.25) is 0 Å². The molecule has 0 radical (unpaired) electrons. The lowest BCUT2D eigenvalue weighted by molar-refractivity contribution is 0.586. The number of benzene rings is 1. The molecule has 0 aliphatic heterocycles. The maximum absolute atomic E-state index is 13.7. The number of hydrogen-bond acceptors (Lipinski definition) is 2. The minimum atomic E-state index is -0.356. The summed E-state index contributed by atoms with van der Waals surface area (Å²) in [6, 6.07) is 7.96. The van der Waals surface area contributed by atoms with Crippen molar-refractivity contribution in [2.75, 3.05) is 0 Å². The van der Waals surface area contributed by atoms with Gasteiger partial charge in [0.15, 0.2) is 5.65 Å². The summed E-state index contributed by atoms with van der Waals surface area (Å²) >= 11 is 0. The standard InChI is InChI=1S/C15H13F2N3/c1-9-12-7-14(17)10(2)18-15(12)20(19-9)8-11-5-3-4-6-13(11)16/h3-7H,8H2,1-2H3. The molecule has 0 saturated heterocycles. The molecule has 3 aromatic rings. The van der Waals surface area contributed by atoms with Gasteiger partial charge in [-0.2, -0.15) is 5.10 Å². The van der Waals surface area contributed by atoms with E-state index in [9.17, 15) is 8.78 Å². The van der Waals surface area contributed by atoms with Gasteiger partial charge >= 0.3 is 0 Å². The quantitative estimate of drug-likeness (QED) is 0.716. The predicted molar refractivity (Wildman–Crippen MR) is 72.5 cm³/mol. The van der Waals surface area contributed by atoms with Crippen LogP contribution >= 0.6 is 0 Å². The first-order valence-electron chi connectivity index (χ1n) is 6.30. The fourth-order valence-corrected chi connectivity index (χ4v) is 2.21. The number of nitrogens with zero attached hydrogens (tertiary/aromatic N) is 3. The highest BCUT2D eigenvalue weighted by Gasteiger charge is 2.13. The Balaban J connectivity index is 2.13. The van der Waals surface area contributed by atoms with Crippen molar-refractivity contribution in [1.29, 1.82) is 0 Å². The Morgan fingerprint density at radius 2 is 1.80 bits per heavy atom. The second-order valence-electron chi connectivity index (χ2n) is 4.76. The first-order valence-corrected chi connectivity index (χ1v) is 6.30. The second kappa shape index (κ2) is 4.67. The molecule has 3 rings (SSSR count). The molecule has 0 atom stereocenters. The Morgan fingerprint density at radius 1 is 1.05 bits per heavy atom. The van der Waals surface area contributed by atoms with E-state index in [1.54, 1.807) is 36.7 Å². The molecule has 0 saturated carbocycles. The topological polar surface area (TPSA) is 30.7 Å². The van der Waals surface area contributed by atoms with Crippen molar-refractivity contribution in [2.45, 2.75) is 20.4 Å². The Morgan fingerprint density at radius 3 is 2.55 bits per heavy atom. The molecular weight excluding hydrogens is 260 g/mol. The largest absolute Gasteiger partial charge is 0.242 e. The van der Waals surface area contributed by atoms with Gasteiger partial charge in [0.1, 0.15) is 11.6 Å². The van der Waals surface area contributed by atoms with Crippen molar-refractivity contribution in [2.24, 2.45) is 0 Å². The van der Waals surface area contributed by atoms with Crippen LogP contribution in [0.25, 0.3) is 11.0 Å². The van der Waals surface area contributed by atoms with Gasteiger partial charge in [0.05, 0.1) is 17.9 Å². The van der Waals surface area contributed by atoms with E-state index >= 15 is 0 Å². The molecule has 1 aromatic carbocycles. The zero-order chi connectivity index (χ0) is 14.3. The molecule has 3 nitrogen and oxygen atoms in total. The lowest BCUT2D eigenvalue weighted by Crippen LogP contribution is -2.05. The normalized spacial score (nSPS) is 11.2. The third-order valence-corrected chi connectivity index (χ3v) is 3.31. The third-order valence-electron chi connectivity index (χ3n) is 3.31. The fourth-order valence-electron chi connectivity index (χ4n) is 2.21. The summed E-state index contributed by atoms with van der Waals surface area (Å²) in [5.41, 5.74) is 2.10. The van der Waals surface area contributed by atoms with Gasteiger partial charge in [0.25, 0.3) is 0 Å². The van der Waals surface area contributed by atoms with E-state index in [1.165, 1.54) is 12.1 Å². The number of rotatable bonds is 2. The zero-order valence-corrected chi connectivity index (χ0v) is 11.2. The summed E-state index contributed by atoms with van der Waals surface area (Å²) in [5, 5.41) is 4.99. The van der Waals surface area contributed by atoms with Gasteiger partial charge in [0, 0.05) is 10.9 Å². The minimum Gasteiger partial charge on any atom is -0.242 e. The highest BCUT2D eigenvalue weighted by atomic mass is 19.1. The average Bonchev–Trinajstić information content (AvgIpc) is 2.70. The molecule has 0 aliphatic rings. The van der Waals surface area contributed by atoms with Gasteiger partial charge in [0.2, 0.25) is 0 Å². The number of hydrogen-bond donors (Lipinski definition) is 0. The number of fused-ring (bicyclic) bond motifs is 1. The maximum Gasteiger partial charge on any atom is 0.158 e. The van der Waals surface area contributed by atoms with Crippen LogP contribution in [-0.4, -0.2) is 14.8 Å². The van der Waals surface area contributed by atoms with Crippen molar-refractivity contribution in [3.8, 4) is 0 Å². The summed E-state index contributed by atoms with van der Waals surface area (Å²) in [6.07, 6.45) is 0. The van der Waals surface area contributed by atoms with Gasteiger partial charge in [-0.15, -0.1) is 0 Å². The molecule has 0 spiro atoms. The zero-order valence-electron chi connectivity index (χ0n) is 11.2. The summed E-state index contributed by atoms with van der Waals surface area (Å²) in [7, 11) is 0. The van der Waals surface area contributed by atoms with Crippen LogP contribution in [0, 0.1) is 25.5 Å². The van der Waals surface area contributed by atoms with Gasteiger partial charge in [-0.3, -0.25) is 0 Å². The van der Waals surface area contributed by atoms with E-state index in [0.717, 1.165) is 0 Å². The Labute approximate surface area is 114 Å². The van der Waals surface area contributed by atoms with Gasteiger partial charge in [-0.25, -0.2) is 18.4 Å². The Hall–Kier alpha value is -2.30. The average molecular weight is 273 g/mol. The molecule has 0 N–H and O–H groups in total. The van der Waals surface area contributed by atoms with E-state index in [2.05, 4.69) is 10.1 Å². The van der Waals surface area contributed by atoms with Crippen molar-refractivity contribution < 1.29 is 8.78 Å². The number of aryl methyl sites for hydroxylation is 2.